The highest BCUT2D eigenvalue weighted by Gasteiger charge is 2.12. The number of hydrogen-bond acceptors (Lipinski definition) is 5. The Hall–Kier alpha value is -3.08. The van der Waals surface area contributed by atoms with E-state index in [-0.39, 0.29) is 12.6 Å². The Bertz CT molecular complexity index is 867. The van der Waals surface area contributed by atoms with Gasteiger partial charge in [-0.1, -0.05) is 41.1 Å². The lowest BCUT2D eigenvalue weighted by atomic mass is 10.1. The number of rotatable bonds is 5. The average molecular weight is 336 g/mol. The van der Waals surface area contributed by atoms with E-state index in [1.807, 2.05) is 62.3 Å². The van der Waals surface area contributed by atoms with Crippen molar-refractivity contribution in [2.45, 2.75) is 13.5 Å². The van der Waals surface area contributed by atoms with Crippen LogP contribution in [0.5, 0.6) is 0 Å². The van der Waals surface area contributed by atoms with Crippen molar-refractivity contribution < 1.29 is 14.1 Å². The first-order valence-electron chi connectivity index (χ1n) is 8.00. The molecular formula is C20H20N2O3. The van der Waals surface area contributed by atoms with Crippen LogP contribution in [0.25, 0.3) is 11.3 Å². The minimum atomic E-state index is -0.386. The van der Waals surface area contributed by atoms with Crippen molar-refractivity contribution in [2.24, 2.45) is 0 Å². The third kappa shape index (κ3) is 4.07. The Labute approximate surface area is 146 Å². The van der Waals surface area contributed by atoms with Gasteiger partial charge in [-0.25, -0.2) is 4.79 Å². The Kier molecular flexibility index (Phi) is 4.84. The monoisotopic (exact) mass is 336 g/mol. The van der Waals surface area contributed by atoms with Crippen LogP contribution in [0, 0.1) is 6.92 Å². The second-order valence-electron chi connectivity index (χ2n) is 6.07. The summed E-state index contributed by atoms with van der Waals surface area (Å²) in [5.41, 5.74) is 4.14. The molecule has 5 heteroatoms. The van der Waals surface area contributed by atoms with Gasteiger partial charge in [0.05, 0.1) is 5.56 Å². The molecule has 3 aromatic rings. The van der Waals surface area contributed by atoms with Crippen LogP contribution in [0.15, 0.2) is 59.1 Å². The standard InChI is InChI=1S/C20H20N2O3/c1-14-7-9-15(10-8-14)19-12-17(21-25-19)13-24-20(23)16-5-4-6-18(11-16)22(2)3/h4-12H,13H2,1-3H3. The van der Waals surface area contributed by atoms with E-state index >= 15 is 0 Å². The minimum Gasteiger partial charge on any atom is -0.455 e. The zero-order valence-electron chi connectivity index (χ0n) is 14.5. The van der Waals surface area contributed by atoms with E-state index < -0.39 is 0 Å². The Morgan fingerprint density at radius 1 is 1.12 bits per heavy atom. The number of hydrogen-bond donors (Lipinski definition) is 0. The van der Waals surface area contributed by atoms with Crippen LogP contribution in [0.4, 0.5) is 5.69 Å². The molecule has 0 amide bonds. The first-order valence-corrected chi connectivity index (χ1v) is 8.00. The Morgan fingerprint density at radius 2 is 1.88 bits per heavy atom. The largest absolute Gasteiger partial charge is 0.455 e. The van der Waals surface area contributed by atoms with Gasteiger partial charge in [-0.3, -0.25) is 0 Å². The summed E-state index contributed by atoms with van der Waals surface area (Å²) in [6.07, 6.45) is 0. The van der Waals surface area contributed by atoms with E-state index in [2.05, 4.69) is 5.16 Å². The van der Waals surface area contributed by atoms with Crippen LogP contribution < -0.4 is 4.90 Å². The SMILES string of the molecule is Cc1ccc(-c2cc(COC(=O)c3cccc(N(C)C)c3)no2)cc1. The predicted molar refractivity (Wildman–Crippen MR) is 96.6 cm³/mol. The normalized spacial score (nSPS) is 10.5. The second-order valence-corrected chi connectivity index (χ2v) is 6.07. The van der Waals surface area contributed by atoms with Crippen LogP contribution >= 0.6 is 0 Å². The summed E-state index contributed by atoms with van der Waals surface area (Å²) in [6, 6.07) is 17.0. The van der Waals surface area contributed by atoms with Gasteiger partial charge in [-0.2, -0.15) is 0 Å². The molecular weight excluding hydrogens is 316 g/mol. The van der Waals surface area contributed by atoms with Crippen LogP contribution in [0.2, 0.25) is 0 Å². The van der Waals surface area contributed by atoms with Gasteiger partial charge < -0.3 is 14.2 Å². The van der Waals surface area contributed by atoms with Gasteiger partial charge in [-0.05, 0) is 25.1 Å². The van der Waals surface area contributed by atoms with Crippen molar-refractivity contribution in [3.8, 4) is 11.3 Å². The van der Waals surface area contributed by atoms with Crippen molar-refractivity contribution >= 4 is 11.7 Å². The topological polar surface area (TPSA) is 55.6 Å². The number of nitrogens with zero attached hydrogens (tertiary/aromatic N) is 2. The summed E-state index contributed by atoms with van der Waals surface area (Å²) in [6.45, 7) is 2.10. The molecule has 0 atom stereocenters. The van der Waals surface area contributed by atoms with Crippen molar-refractivity contribution in [1.29, 1.82) is 0 Å². The highest BCUT2D eigenvalue weighted by atomic mass is 16.5. The smallest absolute Gasteiger partial charge is 0.338 e. The zero-order valence-corrected chi connectivity index (χ0v) is 14.5. The molecule has 128 valence electrons. The van der Waals surface area contributed by atoms with Crippen molar-refractivity contribution in [3.63, 3.8) is 0 Å². The molecule has 0 N–H and O–H groups in total. The van der Waals surface area contributed by atoms with Crippen molar-refractivity contribution in [3.05, 3.63) is 71.4 Å². The van der Waals surface area contributed by atoms with Gasteiger partial charge in [-0.15, -0.1) is 0 Å². The molecule has 0 saturated carbocycles. The lowest BCUT2D eigenvalue weighted by Crippen LogP contribution is -2.11. The molecule has 1 heterocycles. The van der Waals surface area contributed by atoms with E-state index in [0.717, 1.165) is 11.3 Å². The van der Waals surface area contributed by atoms with Crippen molar-refractivity contribution in [2.75, 3.05) is 19.0 Å². The van der Waals surface area contributed by atoms with Crippen LogP contribution in [0.1, 0.15) is 21.6 Å². The highest BCUT2D eigenvalue weighted by Crippen LogP contribution is 2.21. The Morgan fingerprint density at radius 3 is 2.60 bits per heavy atom. The van der Waals surface area contributed by atoms with E-state index in [1.54, 1.807) is 18.2 Å². The third-order valence-corrected chi connectivity index (χ3v) is 3.84. The van der Waals surface area contributed by atoms with E-state index in [1.165, 1.54) is 5.56 Å². The first kappa shape index (κ1) is 16.8. The fourth-order valence-electron chi connectivity index (χ4n) is 2.37. The molecule has 0 saturated heterocycles. The van der Waals surface area contributed by atoms with Crippen molar-refractivity contribution in [1.82, 2.24) is 5.16 Å². The second kappa shape index (κ2) is 7.21. The summed E-state index contributed by atoms with van der Waals surface area (Å²) >= 11 is 0. The zero-order chi connectivity index (χ0) is 17.8. The maximum Gasteiger partial charge on any atom is 0.338 e. The molecule has 1 aromatic heterocycles. The van der Waals surface area contributed by atoms with Gasteiger partial charge >= 0.3 is 5.97 Å². The summed E-state index contributed by atoms with van der Waals surface area (Å²) in [4.78, 5) is 14.1. The fraction of sp³-hybridized carbons (Fsp3) is 0.200. The maximum absolute atomic E-state index is 12.2. The molecule has 0 aliphatic carbocycles. The summed E-state index contributed by atoms with van der Waals surface area (Å²) in [5, 5.41) is 3.97. The number of aryl methyl sites for hydroxylation is 1. The molecule has 5 nitrogen and oxygen atoms in total. The summed E-state index contributed by atoms with van der Waals surface area (Å²) < 4.78 is 10.7. The van der Waals surface area contributed by atoms with E-state index in [9.17, 15) is 4.79 Å². The van der Waals surface area contributed by atoms with E-state index in [4.69, 9.17) is 9.26 Å². The number of esters is 1. The van der Waals surface area contributed by atoms with Gasteiger partial charge in [0, 0.05) is 31.4 Å². The molecule has 0 unspecified atom stereocenters. The molecule has 0 radical (unpaired) electrons. The van der Waals surface area contributed by atoms with Crippen LogP contribution in [-0.4, -0.2) is 25.2 Å². The molecule has 0 aliphatic rings. The molecule has 25 heavy (non-hydrogen) atoms. The third-order valence-electron chi connectivity index (χ3n) is 3.84. The van der Waals surface area contributed by atoms with E-state index in [0.29, 0.717) is 17.0 Å². The lowest BCUT2D eigenvalue weighted by molar-refractivity contribution is 0.0464. The Balaban J connectivity index is 1.65. The fourth-order valence-corrected chi connectivity index (χ4v) is 2.37. The molecule has 0 bridgehead atoms. The van der Waals surface area contributed by atoms with Gasteiger partial charge in [0.25, 0.3) is 0 Å². The van der Waals surface area contributed by atoms with Crippen LogP contribution in [-0.2, 0) is 11.3 Å². The molecule has 0 fully saturated rings. The number of aromatic nitrogens is 1. The summed E-state index contributed by atoms with van der Waals surface area (Å²) in [7, 11) is 3.85. The first-order chi connectivity index (χ1) is 12.0. The number of ether oxygens (including phenoxy) is 1. The molecule has 0 spiro atoms. The maximum atomic E-state index is 12.2. The average Bonchev–Trinajstić information content (AvgIpc) is 3.09. The number of anilines is 1. The highest BCUT2D eigenvalue weighted by molar-refractivity contribution is 5.90. The van der Waals surface area contributed by atoms with Gasteiger partial charge in [0.15, 0.2) is 5.76 Å². The molecule has 0 aliphatic heterocycles. The van der Waals surface area contributed by atoms with Crippen LogP contribution in [0.3, 0.4) is 0 Å². The van der Waals surface area contributed by atoms with Gasteiger partial charge in [0.1, 0.15) is 12.3 Å². The quantitative estimate of drug-likeness (QED) is 0.657. The predicted octanol–water partition coefficient (Wildman–Crippen LogP) is 4.07. The lowest BCUT2D eigenvalue weighted by Gasteiger charge is -2.13. The number of carbonyl (C=O) groups excluding carboxylic acids is 1. The summed E-state index contributed by atoms with van der Waals surface area (Å²) in [5.74, 6) is 0.268. The number of carbonyl (C=O) groups is 1. The molecule has 2 aromatic carbocycles. The van der Waals surface area contributed by atoms with Gasteiger partial charge in [0.2, 0.25) is 0 Å². The number of benzene rings is 2. The molecule has 3 rings (SSSR count). The minimum absolute atomic E-state index is 0.0698.